The van der Waals surface area contributed by atoms with Crippen LogP contribution in [0, 0.1) is 11.6 Å². The Labute approximate surface area is 239 Å². The molecular weight excluding hydrogens is 544 g/mol. The standard InChI is InChI=1S/C31H27F2N5O2S/c1-5-26(39)38-8-6-23-19(14-38)10-18(13-34-23)29-28(27-22(33)11-20(32)12-25(27)40-17(2)3)31-21(7-9-41-31)30(36-29)24-15-37(4)16-35-24/h5,7,9-13,15-17H,1,6,8,14H2,2-4H3. The summed E-state index contributed by atoms with van der Waals surface area (Å²) in [5.41, 5.74) is 4.78. The maximum atomic E-state index is 15.8. The fourth-order valence-corrected chi connectivity index (χ4v) is 6.16. The van der Waals surface area contributed by atoms with Gasteiger partial charge in [-0.2, -0.15) is 0 Å². The minimum absolute atomic E-state index is 0.0921. The van der Waals surface area contributed by atoms with Gasteiger partial charge >= 0.3 is 0 Å². The van der Waals surface area contributed by atoms with Gasteiger partial charge in [0, 0.05) is 78.0 Å². The molecular formula is C31H27F2N5O2S. The van der Waals surface area contributed by atoms with Gasteiger partial charge in [0.1, 0.15) is 23.1 Å². The van der Waals surface area contributed by atoms with Gasteiger partial charge in [-0.1, -0.05) is 6.58 Å². The molecule has 0 radical (unpaired) electrons. The molecule has 4 aromatic heterocycles. The number of aromatic nitrogens is 4. The van der Waals surface area contributed by atoms with Crippen LogP contribution < -0.4 is 4.74 Å². The molecule has 1 aliphatic rings. The van der Waals surface area contributed by atoms with Gasteiger partial charge in [0.05, 0.1) is 29.4 Å². The second-order valence-corrected chi connectivity index (χ2v) is 11.2. The summed E-state index contributed by atoms with van der Waals surface area (Å²) in [6.45, 7) is 8.15. The summed E-state index contributed by atoms with van der Waals surface area (Å²) in [7, 11) is 1.88. The maximum Gasteiger partial charge on any atom is 0.246 e. The number of aryl methyl sites for hydroxylation is 1. The van der Waals surface area contributed by atoms with Gasteiger partial charge in [0.25, 0.3) is 0 Å². The van der Waals surface area contributed by atoms with E-state index < -0.39 is 11.6 Å². The van der Waals surface area contributed by atoms with E-state index in [1.807, 2.05) is 35.3 Å². The molecule has 0 atom stereocenters. The molecule has 1 aliphatic heterocycles. The third-order valence-corrected chi connectivity index (χ3v) is 7.92. The van der Waals surface area contributed by atoms with Crippen LogP contribution in [-0.2, 0) is 24.8 Å². The second kappa shape index (κ2) is 10.5. The number of benzene rings is 1. The third-order valence-electron chi connectivity index (χ3n) is 6.99. The minimum Gasteiger partial charge on any atom is -0.490 e. The Morgan fingerprint density at radius 1 is 1.17 bits per heavy atom. The number of ether oxygens (including phenoxy) is 1. The second-order valence-electron chi connectivity index (χ2n) is 10.2. The lowest BCUT2D eigenvalue weighted by Gasteiger charge is -2.27. The molecule has 41 heavy (non-hydrogen) atoms. The van der Waals surface area contributed by atoms with Gasteiger partial charge < -0.3 is 14.2 Å². The zero-order valence-electron chi connectivity index (χ0n) is 22.8. The summed E-state index contributed by atoms with van der Waals surface area (Å²) < 4.78 is 38.8. The van der Waals surface area contributed by atoms with Crippen molar-refractivity contribution in [1.29, 1.82) is 0 Å². The van der Waals surface area contributed by atoms with E-state index in [1.54, 1.807) is 31.3 Å². The Bertz CT molecular complexity index is 1830. The van der Waals surface area contributed by atoms with E-state index in [4.69, 9.17) is 14.7 Å². The van der Waals surface area contributed by atoms with Crippen molar-refractivity contribution in [1.82, 2.24) is 24.4 Å². The first-order valence-electron chi connectivity index (χ1n) is 13.2. The third kappa shape index (κ3) is 4.88. The van der Waals surface area contributed by atoms with E-state index in [1.165, 1.54) is 23.5 Å². The van der Waals surface area contributed by atoms with Gasteiger partial charge in [0.2, 0.25) is 5.91 Å². The summed E-state index contributed by atoms with van der Waals surface area (Å²) in [4.78, 5) is 28.4. The lowest BCUT2D eigenvalue weighted by molar-refractivity contribution is -0.126. The van der Waals surface area contributed by atoms with Crippen molar-refractivity contribution in [3.8, 4) is 39.5 Å². The summed E-state index contributed by atoms with van der Waals surface area (Å²) in [5.74, 6) is -1.54. The summed E-state index contributed by atoms with van der Waals surface area (Å²) in [6, 6.07) is 5.95. The van der Waals surface area contributed by atoms with Crippen molar-refractivity contribution in [2.24, 2.45) is 7.05 Å². The number of halogens is 2. The molecule has 0 N–H and O–H groups in total. The number of nitrogens with zero attached hydrogens (tertiary/aromatic N) is 5. The van der Waals surface area contributed by atoms with Crippen molar-refractivity contribution < 1.29 is 18.3 Å². The van der Waals surface area contributed by atoms with E-state index in [-0.39, 0.29) is 23.3 Å². The van der Waals surface area contributed by atoms with Crippen molar-refractivity contribution in [3.05, 3.63) is 83.9 Å². The molecule has 0 spiro atoms. The number of hydrogen-bond donors (Lipinski definition) is 0. The van der Waals surface area contributed by atoms with Crippen LogP contribution in [-0.4, -0.2) is 43.0 Å². The lowest BCUT2D eigenvalue weighted by atomic mass is 9.94. The number of fused-ring (bicyclic) bond motifs is 2. The fraction of sp³-hybridized carbons (Fsp3) is 0.226. The summed E-state index contributed by atoms with van der Waals surface area (Å²) in [5, 5.41) is 2.71. The molecule has 6 rings (SSSR count). The highest BCUT2D eigenvalue weighted by atomic mass is 32.1. The largest absolute Gasteiger partial charge is 0.490 e. The van der Waals surface area contributed by atoms with Gasteiger partial charge in [-0.25, -0.2) is 18.7 Å². The van der Waals surface area contributed by atoms with Crippen LogP contribution in [0.1, 0.15) is 25.1 Å². The molecule has 0 unspecified atom stereocenters. The van der Waals surface area contributed by atoms with Gasteiger partial charge in [0.15, 0.2) is 0 Å². The monoisotopic (exact) mass is 571 g/mol. The highest BCUT2D eigenvalue weighted by Gasteiger charge is 2.27. The molecule has 5 aromatic rings. The molecule has 0 saturated carbocycles. The van der Waals surface area contributed by atoms with Crippen LogP contribution in [0.15, 0.2) is 61.0 Å². The smallest absolute Gasteiger partial charge is 0.246 e. The number of thiophene rings is 1. The van der Waals surface area contributed by atoms with Gasteiger partial charge in [-0.05, 0) is 43.0 Å². The van der Waals surface area contributed by atoms with Crippen molar-refractivity contribution in [3.63, 3.8) is 0 Å². The number of rotatable bonds is 6. The molecule has 5 heterocycles. The maximum absolute atomic E-state index is 15.8. The molecule has 0 bridgehead atoms. The first-order chi connectivity index (χ1) is 19.7. The zero-order chi connectivity index (χ0) is 28.8. The number of hydrogen-bond acceptors (Lipinski definition) is 6. The molecule has 208 valence electrons. The molecule has 1 aromatic carbocycles. The number of carbonyl (C=O) groups excluding carboxylic acids is 1. The van der Waals surface area contributed by atoms with E-state index >= 15 is 4.39 Å². The Kier molecular flexibility index (Phi) is 6.86. The molecule has 0 saturated heterocycles. The Morgan fingerprint density at radius 3 is 2.73 bits per heavy atom. The van der Waals surface area contributed by atoms with Crippen LogP contribution >= 0.6 is 11.3 Å². The fourth-order valence-electron chi connectivity index (χ4n) is 5.21. The van der Waals surface area contributed by atoms with Gasteiger partial charge in [-0.15, -0.1) is 11.3 Å². The first kappa shape index (κ1) is 26.8. The average molecular weight is 572 g/mol. The highest BCUT2D eigenvalue weighted by Crippen LogP contribution is 2.47. The molecule has 0 fully saturated rings. The molecule has 7 nitrogen and oxygen atoms in total. The average Bonchev–Trinajstić information content (AvgIpc) is 3.60. The van der Waals surface area contributed by atoms with E-state index in [0.29, 0.717) is 47.7 Å². The Morgan fingerprint density at radius 2 is 2.00 bits per heavy atom. The molecule has 10 heteroatoms. The van der Waals surface area contributed by atoms with Gasteiger partial charge in [-0.3, -0.25) is 9.78 Å². The number of carbonyl (C=O) groups is 1. The van der Waals surface area contributed by atoms with Crippen molar-refractivity contribution >= 4 is 27.3 Å². The predicted octanol–water partition coefficient (Wildman–Crippen LogP) is 6.56. The number of amides is 1. The molecule has 1 amide bonds. The summed E-state index contributed by atoms with van der Waals surface area (Å²) in [6.07, 6.45) is 6.89. The Balaban J connectivity index is 1.65. The highest BCUT2D eigenvalue weighted by molar-refractivity contribution is 7.18. The van der Waals surface area contributed by atoms with Crippen LogP contribution in [0.5, 0.6) is 5.75 Å². The topological polar surface area (TPSA) is 73.1 Å². The predicted molar refractivity (Wildman–Crippen MR) is 155 cm³/mol. The van der Waals surface area contributed by atoms with Crippen LogP contribution in [0.4, 0.5) is 8.78 Å². The van der Waals surface area contributed by atoms with Crippen LogP contribution in [0.25, 0.3) is 43.9 Å². The van der Waals surface area contributed by atoms with E-state index in [2.05, 4.69) is 11.6 Å². The summed E-state index contributed by atoms with van der Waals surface area (Å²) >= 11 is 1.43. The van der Waals surface area contributed by atoms with Crippen molar-refractivity contribution in [2.45, 2.75) is 32.9 Å². The van der Waals surface area contributed by atoms with Crippen LogP contribution in [0.3, 0.4) is 0 Å². The zero-order valence-corrected chi connectivity index (χ0v) is 23.6. The number of imidazole rings is 1. The Hall–Kier alpha value is -4.44. The van der Waals surface area contributed by atoms with E-state index in [9.17, 15) is 9.18 Å². The SMILES string of the molecule is C=CC(=O)N1CCc2ncc(-c3nc(-c4cn(C)cn4)c4ccsc4c3-c3c(F)cc(F)cc3OC(C)C)cc2C1. The van der Waals surface area contributed by atoms with E-state index in [0.717, 1.165) is 27.4 Å². The minimum atomic E-state index is -0.752. The van der Waals surface area contributed by atoms with Crippen LogP contribution in [0.2, 0.25) is 0 Å². The first-order valence-corrected chi connectivity index (χ1v) is 14.1. The lowest BCUT2D eigenvalue weighted by Crippen LogP contribution is -2.35. The number of pyridine rings is 2. The molecule has 0 aliphatic carbocycles. The van der Waals surface area contributed by atoms with Crippen molar-refractivity contribution in [2.75, 3.05) is 6.54 Å². The normalized spacial score (nSPS) is 13.1. The quantitative estimate of drug-likeness (QED) is 0.216.